The molecule has 7 heteroatoms. The van der Waals surface area contributed by atoms with E-state index in [1.807, 2.05) is 6.92 Å². The summed E-state index contributed by atoms with van der Waals surface area (Å²) in [6.07, 6.45) is 2.00. The van der Waals surface area contributed by atoms with E-state index in [1.165, 1.54) is 13.4 Å². The molecular weight excluding hydrogens is 272 g/mol. The van der Waals surface area contributed by atoms with Crippen LogP contribution < -0.4 is 0 Å². The first-order valence-electron chi connectivity index (χ1n) is 5.95. The molecule has 0 spiro atoms. The Morgan fingerprint density at radius 3 is 2.79 bits per heavy atom. The van der Waals surface area contributed by atoms with Crippen LogP contribution in [0.3, 0.4) is 0 Å². The van der Waals surface area contributed by atoms with Crippen molar-refractivity contribution < 1.29 is 18.7 Å². The number of rotatable bonds is 6. The molecule has 1 aromatic rings. The van der Waals surface area contributed by atoms with E-state index in [0.29, 0.717) is 6.54 Å². The molecule has 0 aliphatic carbocycles. The van der Waals surface area contributed by atoms with Gasteiger partial charge in [0.05, 0.1) is 13.7 Å². The van der Waals surface area contributed by atoms with Gasteiger partial charge in [-0.05, 0) is 13.3 Å². The smallest absolute Gasteiger partial charge is 0.360 e. The average molecular weight is 289 g/mol. The van der Waals surface area contributed by atoms with Crippen LogP contribution in [-0.4, -0.2) is 40.8 Å². The zero-order valence-corrected chi connectivity index (χ0v) is 11.9. The van der Waals surface area contributed by atoms with Crippen molar-refractivity contribution in [1.82, 2.24) is 9.88 Å². The molecule has 0 aliphatic heterocycles. The summed E-state index contributed by atoms with van der Waals surface area (Å²) in [6, 6.07) is 0. The Hall–Kier alpha value is -1.56. The molecule has 0 saturated carbocycles. The molecule has 106 valence electrons. The van der Waals surface area contributed by atoms with E-state index in [4.69, 9.17) is 16.0 Å². The molecule has 0 bridgehead atoms. The Bertz CT molecular complexity index is 445. The molecule has 1 amide bonds. The number of carbonyl (C=O) groups excluding carboxylic acids is 2. The molecule has 0 aliphatic rings. The number of carbonyl (C=O) groups is 2. The van der Waals surface area contributed by atoms with Gasteiger partial charge in [0.2, 0.25) is 11.8 Å². The maximum absolute atomic E-state index is 11.9. The zero-order chi connectivity index (χ0) is 14.4. The highest BCUT2D eigenvalue weighted by atomic mass is 35.5. The predicted octanol–water partition coefficient (Wildman–Crippen LogP) is 1.83. The standard InChI is InChI=1S/C12H17ClN2O4/c1-4-5-15(11(16)8(2)13)6-10-14-9(7-19-10)12(17)18-3/h7-8H,4-6H2,1-3H3. The summed E-state index contributed by atoms with van der Waals surface area (Å²) in [4.78, 5) is 28.6. The third kappa shape index (κ3) is 4.24. The van der Waals surface area contributed by atoms with Crippen molar-refractivity contribution in [2.45, 2.75) is 32.2 Å². The van der Waals surface area contributed by atoms with Crippen molar-refractivity contribution in [3.8, 4) is 0 Å². The molecule has 0 N–H and O–H groups in total. The molecule has 1 heterocycles. The minimum atomic E-state index is -0.610. The van der Waals surface area contributed by atoms with Gasteiger partial charge in [0.25, 0.3) is 0 Å². The number of methoxy groups -OCH3 is 1. The average Bonchev–Trinajstić information content (AvgIpc) is 2.84. The van der Waals surface area contributed by atoms with Crippen molar-refractivity contribution in [1.29, 1.82) is 0 Å². The summed E-state index contributed by atoms with van der Waals surface area (Å²) < 4.78 is 9.67. The largest absolute Gasteiger partial charge is 0.464 e. The first-order valence-corrected chi connectivity index (χ1v) is 6.38. The van der Waals surface area contributed by atoms with Gasteiger partial charge in [-0.15, -0.1) is 11.6 Å². The zero-order valence-electron chi connectivity index (χ0n) is 11.2. The van der Waals surface area contributed by atoms with Crippen LogP contribution in [0.25, 0.3) is 0 Å². The summed E-state index contributed by atoms with van der Waals surface area (Å²) in [6.45, 7) is 4.29. The van der Waals surface area contributed by atoms with Crippen LogP contribution in [0.5, 0.6) is 0 Å². The number of amides is 1. The molecule has 1 rings (SSSR count). The minimum absolute atomic E-state index is 0.0836. The SMILES string of the molecule is CCCN(Cc1nc(C(=O)OC)co1)C(=O)C(C)Cl. The van der Waals surface area contributed by atoms with Gasteiger partial charge in [-0.25, -0.2) is 9.78 Å². The Morgan fingerprint density at radius 1 is 1.58 bits per heavy atom. The van der Waals surface area contributed by atoms with Crippen molar-refractivity contribution in [3.63, 3.8) is 0 Å². The molecule has 1 unspecified atom stereocenters. The first kappa shape index (κ1) is 15.5. The van der Waals surface area contributed by atoms with Crippen molar-refractivity contribution in [2.75, 3.05) is 13.7 Å². The summed E-state index contributed by atoms with van der Waals surface area (Å²) in [5, 5.41) is -0.610. The van der Waals surface area contributed by atoms with Crippen LogP contribution in [0, 0.1) is 0 Å². The maximum atomic E-state index is 11.9. The molecule has 0 radical (unpaired) electrons. The Morgan fingerprint density at radius 2 is 2.26 bits per heavy atom. The second kappa shape index (κ2) is 7.13. The second-order valence-corrected chi connectivity index (χ2v) is 4.65. The van der Waals surface area contributed by atoms with Crippen LogP contribution >= 0.6 is 11.6 Å². The van der Waals surface area contributed by atoms with Crippen LogP contribution in [0.15, 0.2) is 10.7 Å². The summed E-state index contributed by atoms with van der Waals surface area (Å²) in [5.41, 5.74) is 0.0836. The van der Waals surface area contributed by atoms with Gasteiger partial charge in [-0.3, -0.25) is 4.79 Å². The third-order valence-electron chi connectivity index (χ3n) is 2.42. The van der Waals surface area contributed by atoms with E-state index in [9.17, 15) is 9.59 Å². The van der Waals surface area contributed by atoms with Gasteiger partial charge < -0.3 is 14.1 Å². The Balaban J connectivity index is 2.76. The molecule has 1 atom stereocenters. The highest BCUT2D eigenvalue weighted by Gasteiger charge is 2.21. The van der Waals surface area contributed by atoms with Crippen molar-refractivity contribution >= 4 is 23.5 Å². The third-order valence-corrected chi connectivity index (χ3v) is 2.60. The Labute approximate surface area is 116 Å². The second-order valence-electron chi connectivity index (χ2n) is 3.99. The molecule has 0 fully saturated rings. The minimum Gasteiger partial charge on any atom is -0.464 e. The summed E-state index contributed by atoms with van der Waals surface area (Å²) in [7, 11) is 1.26. The number of halogens is 1. The number of esters is 1. The molecule has 6 nitrogen and oxygen atoms in total. The fourth-order valence-corrected chi connectivity index (χ4v) is 1.67. The van der Waals surface area contributed by atoms with E-state index < -0.39 is 11.3 Å². The fraction of sp³-hybridized carbons (Fsp3) is 0.583. The van der Waals surface area contributed by atoms with Crippen LogP contribution in [0.4, 0.5) is 0 Å². The van der Waals surface area contributed by atoms with Crippen molar-refractivity contribution in [2.24, 2.45) is 0 Å². The number of aromatic nitrogens is 1. The number of nitrogens with zero attached hydrogens (tertiary/aromatic N) is 2. The molecule has 0 saturated heterocycles. The van der Waals surface area contributed by atoms with Gasteiger partial charge in [-0.1, -0.05) is 6.92 Å². The topological polar surface area (TPSA) is 72.6 Å². The van der Waals surface area contributed by atoms with E-state index >= 15 is 0 Å². The predicted molar refractivity (Wildman–Crippen MR) is 68.9 cm³/mol. The van der Waals surface area contributed by atoms with Crippen LogP contribution in [-0.2, 0) is 16.1 Å². The number of hydrogen-bond donors (Lipinski definition) is 0. The molecule has 1 aromatic heterocycles. The normalized spacial score (nSPS) is 12.0. The molecule has 19 heavy (non-hydrogen) atoms. The van der Waals surface area contributed by atoms with Crippen LogP contribution in [0.1, 0.15) is 36.6 Å². The van der Waals surface area contributed by atoms with E-state index in [-0.39, 0.29) is 24.0 Å². The number of hydrogen-bond acceptors (Lipinski definition) is 5. The number of oxazole rings is 1. The summed E-state index contributed by atoms with van der Waals surface area (Å²) in [5.74, 6) is -0.491. The lowest BCUT2D eigenvalue weighted by Gasteiger charge is -2.21. The lowest BCUT2D eigenvalue weighted by molar-refractivity contribution is -0.131. The lowest BCUT2D eigenvalue weighted by atomic mass is 10.3. The quantitative estimate of drug-likeness (QED) is 0.590. The van der Waals surface area contributed by atoms with E-state index in [0.717, 1.165) is 6.42 Å². The van der Waals surface area contributed by atoms with E-state index in [2.05, 4.69) is 9.72 Å². The van der Waals surface area contributed by atoms with Gasteiger partial charge in [-0.2, -0.15) is 0 Å². The molecular formula is C12H17ClN2O4. The highest BCUT2D eigenvalue weighted by molar-refractivity contribution is 6.30. The lowest BCUT2D eigenvalue weighted by Crippen LogP contribution is -2.35. The number of alkyl halides is 1. The monoisotopic (exact) mass is 288 g/mol. The fourth-order valence-electron chi connectivity index (χ4n) is 1.53. The first-order chi connectivity index (χ1) is 8.99. The molecule has 0 aromatic carbocycles. The van der Waals surface area contributed by atoms with Crippen molar-refractivity contribution in [3.05, 3.63) is 17.8 Å². The van der Waals surface area contributed by atoms with Gasteiger partial charge in [0.15, 0.2) is 5.69 Å². The van der Waals surface area contributed by atoms with Gasteiger partial charge >= 0.3 is 5.97 Å². The Kier molecular flexibility index (Phi) is 5.82. The van der Waals surface area contributed by atoms with Crippen LogP contribution in [0.2, 0.25) is 0 Å². The van der Waals surface area contributed by atoms with Gasteiger partial charge in [0, 0.05) is 6.54 Å². The highest BCUT2D eigenvalue weighted by Crippen LogP contribution is 2.10. The van der Waals surface area contributed by atoms with E-state index in [1.54, 1.807) is 11.8 Å². The van der Waals surface area contributed by atoms with Gasteiger partial charge in [0.1, 0.15) is 11.6 Å². The summed E-state index contributed by atoms with van der Waals surface area (Å²) >= 11 is 5.79. The maximum Gasteiger partial charge on any atom is 0.360 e. The number of ether oxygens (including phenoxy) is 1.